The Balaban J connectivity index is 1.24. The van der Waals surface area contributed by atoms with Crippen molar-refractivity contribution in [1.82, 2.24) is 10.1 Å². The lowest BCUT2D eigenvalue weighted by Gasteiger charge is -2.47. The predicted molar refractivity (Wildman–Crippen MR) is 148 cm³/mol. The van der Waals surface area contributed by atoms with Gasteiger partial charge in [-0.1, -0.05) is 48.3 Å². The van der Waals surface area contributed by atoms with Crippen molar-refractivity contribution in [3.8, 4) is 17.3 Å². The number of hydrogen-bond donors (Lipinski definition) is 1. The van der Waals surface area contributed by atoms with Crippen LogP contribution in [0.2, 0.25) is 10.0 Å². The summed E-state index contributed by atoms with van der Waals surface area (Å²) in [6.45, 7) is 4.25. The number of thiazole rings is 1. The Morgan fingerprint density at radius 2 is 1.97 bits per heavy atom. The fourth-order valence-corrected chi connectivity index (χ4v) is 7.46. The fraction of sp³-hybridized carbons (Fsp3) is 0.414. The number of ether oxygens (including phenoxy) is 1. The van der Waals surface area contributed by atoms with Crippen LogP contribution in [0.25, 0.3) is 21.5 Å². The van der Waals surface area contributed by atoms with E-state index in [-0.39, 0.29) is 23.8 Å². The zero-order chi connectivity index (χ0) is 27.5. The van der Waals surface area contributed by atoms with Crippen molar-refractivity contribution in [1.29, 1.82) is 5.26 Å². The minimum absolute atomic E-state index is 0.131. The van der Waals surface area contributed by atoms with Gasteiger partial charge in [-0.05, 0) is 56.4 Å². The Hall–Kier alpha value is -2.54. The van der Waals surface area contributed by atoms with Crippen molar-refractivity contribution in [2.75, 3.05) is 0 Å². The van der Waals surface area contributed by atoms with Crippen LogP contribution in [0.15, 0.2) is 34.9 Å². The molecule has 0 aliphatic heterocycles. The van der Waals surface area contributed by atoms with Gasteiger partial charge in [0.2, 0.25) is 0 Å². The van der Waals surface area contributed by atoms with Gasteiger partial charge in [-0.15, -0.1) is 11.3 Å². The van der Waals surface area contributed by atoms with Crippen molar-refractivity contribution in [3.63, 3.8) is 0 Å². The normalized spacial score (nSPS) is 22.7. The third kappa shape index (κ3) is 4.64. The number of halogens is 3. The molecule has 39 heavy (non-hydrogen) atoms. The summed E-state index contributed by atoms with van der Waals surface area (Å²) < 4.78 is 27.4. The quantitative estimate of drug-likeness (QED) is 0.245. The van der Waals surface area contributed by atoms with Crippen LogP contribution in [0, 0.1) is 22.6 Å². The van der Waals surface area contributed by atoms with Crippen LogP contribution in [-0.4, -0.2) is 21.4 Å². The molecule has 4 aromatic rings. The average Bonchev–Trinajstić information content (AvgIpc) is 3.50. The fourth-order valence-electron chi connectivity index (χ4n) is 5.57. The molecule has 2 heterocycles. The smallest absolute Gasteiger partial charge is 0.151 e. The van der Waals surface area contributed by atoms with Gasteiger partial charge in [0.25, 0.3) is 0 Å². The monoisotopic (exact) mass is 585 g/mol. The highest BCUT2D eigenvalue weighted by molar-refractivity contribution is 7.18. The molecule has 6 rings (SSSR count). The molecule has 6 nitrogen and oxygen atoms in total. The largest absolute Gasteiger partial charge is 0.382 e. The zero-order valence-electron chi connectivity index (χ0n) is 21.4. The molecule has 2 aliphatic rings. The van der Waals surface area contributed by atoms with E-state index in [1.807, 2.05) is 19.9 Å². The Morgan fingerprint density at radius 3 is 2.64 bits per heavy atom. The Labute approximate surface area is 239 Å². The first-order valence-electron chi connectivity index (χ1n) is 12.9. The van der Waals surface area contributed by atoms with Gasteiger partial charge in [0, 0.05) is 22.5 Å². The molecule has 2 aliphatic carbocycles. The number of benzene rings is 2. The lowest BCUT2D eigenvalue weighted by Crippen LogP contribution is -2.48. The van der Waals surface area contributed by atoms with E-state index in [1.54, 1.807) is 24.3 Å². The number of nitrogens with zero attached hydrogens (tertiary/aromatic N) is 3. The van der Waals surface area contributed by atoms with Crippen LogP contribution < -0.4 is 0 Å². The van der Waals surface area contributed by atoms with Crippen LogP contribution in [-0.2, 0) is 16.9 Å². The number of fused-ring (bicyclic) bond motifs is 1. The second-order valence-electron chi connectivity index (χ2n) is 11.1. The Morgan fingerprint density at radius 1 is 1.23 bits per heavy atom. The summed E-state index contributed by atoms with van der Waals surface area (Å²) in [5, 5.41) is 26.9. The van der Waals surface area contributed by atoms with E-state index in [0.717, 1.165) is 24.2 Å². The molecular weight excluding hydrogens is 560 g/mol. The van der Waals surface area contributed by atoms with E-state index in [1.165, 1.54) is 17.4 Å². The second kappa shape index (κ2) is 9.83. The Bertz CT molecular complexity index is 1600. The first-order chi connectivity index (χ1) is 18.6. The van der Waals surface area contributed by atoms with E-state index < -0.39 is 16.8 Å². The molecule has 0 amide bonds. The molecule has 2 aromatic heterocycles. The maximum Gasteiger partial charge on any atom is 0.151 e. The van der Waals surface area contributed by atoms with Crippen LogP contribution in [0.3, 0.4) is 0 Å². The summed E-state index contributed by atoms with van der Waals surface area (Å²) in [6, 6.07) is 10.1. The summed E-state index contributed by atoms with van der Waals surface area (Å²) in [7, 11) is 0. The summed E-state index contributed by atoms with van der Waals surface area (Å²) in [5.41, 5.74) is 0.644. The molecule has 2 saturated carbocycles. The highest BCUT2D eigenvalue weighted by Gasteiger charge is 2.51. The van der Waals surface area contributed by atoms with Crippen LogP contribution in [0.1, 0.15) is 73.8 Å². The lowest BCUT2D eigenvalue weighted by molar-refractivity contribution is -0.146. The number of aliphatic hydroxyl groups is 1. The standard InChI is InChI=1S/C29H26Cl2FN3O3S/c1-28(2)12-17(8-9-29(28,36)27-34-25-21(32)10-15(13-33)11-22(25)39-27)37-14-18-24(35-38-26(18)16-6-7-16)23-19(30)4-3-5-20(23)31/h3-5,10-11,16-17,36H,6-9,12,14H2,1-2H3/t17-,29-/m0/s1. The van der Waals surface area contributed by atoms with Crippen molar-refractivity contribution in [2.45, 2.75) is 70.2 Å². The molecule has 1 N–H and O–H groups in total. The number of aromatic nitrogens is 2. The lowest BCUT2D eigenvalue weighted by atomic mass is 9.64. The van der Waals surface area contributed by atoms with Crippen molar-refractivity contribution < 1.29 is 18.8 Å². The number of hydrogen-bond acceptors (Lipinski definition) is 7. The summed E-state index contributed by atoms with van der Waals surface area (Å²) in [5.74, 6) is 0.584. The van der Waals surface area contributed by atoms with E-state index in [0.29, 0.717) is 56.2 Å². The zero-order valence-corrected chi connectivity index (χ0v) is 23.8. The van der Waals surface area contributed by atoms with E-state index in [9.17, 15) is 14.8 Å². The van der Waals surface area contributed by atoms with Gasteiger partial charge in [-0.3, -0.25) is 0 Å². The number of nitriles is 1. The predicted octanol–water partition coefficient (Wildman–Crippen LogP) is 8.13. The first-order valence-corrected chi connectivity index (χ1v) is 14.5. The summed E-state index contributed by atoms with van der Waals surface area (Å²) in [6.07, 6.45) is 3.51. The van der Waals surface area contributed by atoms with Gasteiger partial charge in [-0.25, -0.2) is 9.37 Å². The second-order valence-corrected chi connectivity index (χ2v) is 12.9. The summed E-state index contributed by atoms with van der Waals surface area (Å²) >= 11 is 14.2. The SMILES string of the molecule is CC1(C)C[C@@H](OCc2c(-c3c(Cl)cccc3Cl)noc2C2CC2)CC[C@]1(O)c1nc2c(F)cc(C#N)cc2s1. The molecule has 2 atom stereocenters. The molecule has 10 heteroatoms. The topological polar surface area (TPSA) is 92.2 Å². The van der Waals surface area contributed by atoms with E-state index in [4.69, 9.17) is 32.5 Å². The Kier molecular flexibility index (Phi) is 6.72. The highest BCUT2D eigenvalue weighted by atomic mass is 35.5. The van der Waals surface area contributed by atoms with Crippen molar-refractivity contribution in [3.05, 3.63) is 68.1 Å². The van der Waals surface area contributed by atoms with Gasteiger partial charge in [-0.2, -0.15) is 5.26 Å². The molecule has 202 valence electrons. The maximum atomic E-state index is 14.6. The maximum absolute atomic E-state index is 14.6. The van der Waals surface area contributed by atoms with Gasteiger partial charge in [0.05, 0.1) is 39.1 Å². The molecular formula is C29H26Cl2FN3O3S. The molecule has 2 fully saturated rings. The third-order valence-electron chi connectivity index (χ3n) is 8.05. The molecule has 0 saturated heterocycles. The molecule has 0 unspecified atom stereocenters. The van der Waals surface area contributed by atoms with Gasteiger partial charge < -0.3 is 14.4 Å². The molecule has 2 aromatic carbocycles. The van der Waals surface area contributed by atoms with Crippen molar-refractivity contribution >= 4 is 44.8 Å². The van der Waals surface area contributed by atoms with E-state index >= 15 is 0 Å². The molecule has 0 spiro atoms. The minimum Gasteiger partial charge on any atom is -0.382 e. The van der Waals surface area contributed by atoms with Crippen molar-refractivity contribution in [2.24, 2.45) is 5.41 Å². The van der Waals surface area contributed by atoms with Crippen LogP contribution >= 0.6 is 34.5 Å². The van der Waals surface area contributed by atoms with E-state index in [2.05, 4.69) is 10.1 Å². The van der Waals surface area contributed by atoms with Crippen LogP contribution in [0.4, 0.5) is 4.39 Å². The van der Waals surface area contributed by atoms with Crippen LogP contribution in [0.5, 0.6) is 0 Å². The van der Waals surface area contributed by atoms with Gasteiger partial charge in [0.1, 0.15) is 27.6 Å². The number of rotatable bonds is 6. The molecule has 0 radical (unpaired) electrons. The molecule has 0 bridgehead atoms. The highest BCUT2D eigenvalue weighted by Crippen LogP contribution is 2.53. The van der Waals surface area contributed by atoms with Gasteiger partial charge in [0.15, 0.2) is 5.82 Å². The summed E-state index contributed by atoms with van der Waals surface area (Å²) in [4.78, 5) is 4.49. The first kappa shape index (κ1) is 26.7. The third-order valence-corrected chi connectivity index (χ3v) is 9.83. The minimum atomic E-state index is -1.26. The average molecular weight is 587 g/mol. The van der Waals surface area contributed by atoms with Gasteiger partial charge >= 0.3 is 0 Å².